The summed E-state index contributed by atoms with van der Waals surface area (Å²) in [5, 5.41) is 3.29. The first-order chi connectivity index (χ1) is 5.75. The first-order valence-corrected chi connectivity index (χ1v) is 4.75. The average molecular weight is 228 g/mol. The van der Waals surface area contributed by atoms with E-state index in [0.717, 1.165) is 22.5 Å². The van der Waals surface area contributed by atoms with Gasteiger partial charge in [-0.05, 0) is 25.1 Å². The van der Waals surface area contributed by atoms with E-state index in [1.807, 2.05) is 18.2 Å². The average Bonchev–Trinajstić information content (AvgIpc) is 2.03. The van der Waals surface area contributed by atoms with Crippen LogP contribution < -0.4 is 10.1 Å². The fourth-order valence-electron chi connectivity index (χ4n) is 1.25. The summed E-state index contributed by atoms with van der Waals surface area (Å²) in [5.74, 6) is 0.933. The van der Waals surface area contributed by atoms with E-state index in [-0.39, 0.29) is 6.10 Å². The molecular weight excluding hydrogens is 218 g/mol. The monoisotopic (exact) mass is 227 g/mol. The number of halogens is 1. The molecule has 1 heterocycles. The Hall–Kier alpha value is -0.700. The second kappa shape index (κ2) is 2.98. The molecule has 0 aromatic heterocycles. The first kappa shape index (κ1) is 7.92. The Morgan fingerprint density at radius 3 is 3.25 bits per heavy atom. The maximum atomic E-state index is 5.62. The Kier molecular flexibility index (Phi) is 1.97. The van der Waals surface area contributed by atoms with E-state index in [4.69, 9.17) is 4.74 Å². The Morgan fingerprint density at radius 2 is 2.42 bits per heavy atom. The van der Waals surface area contributed by atoms with Crippen LogP contribution in [0.1, 0.15) is 6.92 Å². The molecule has 1 N–H and O–H groups in total. The van der Waals surface area contributed by atoms with Crippen molar-refractivity contribution in [2.45, 2.75) is 13.0 Å². The lowest BCUT2D eigenvalue weighted by Gasteiger charge is -2.24. The minimum Gasteiger partial charge on any atom is -0.487 e. The number of anilines is 1. The summed E-state index contributed by atoms with van der Waals surface area (Å²) in [6, 6.07) is 6.01. The summed E-state index contributed by atoms with van der Waals surface area (Å²) in [5.41, 5.74) is 1.08. The molecule has 1 aliphatic heterocycles. The third kappa shape index (κ3) is 1.41. The molecule has 64 valence electrons. The van der Waals surface area contributed by atoms with E-state index >= 15 is 0 Å². The number of rotatable bonds is 0. The minimum absolute atomic E-state index is 0.256. The van der Waals surface area contributed by atoms with Gasteiger partial charge in [0.05, 0.1) is 12.2 Å². The van der Waals surface area contributed by atoms with Crippen LogP contribution in [0.3, 0.4) is 0 Å². The predicted octanol–water partition coefficient (Wildman–Crippen LogP) is 2.64. The van der Waals surface area contributed by atoms with Gasteiger partial charge in [0, 0.05) is 4.47 Å². The van der Waals surface area contributed by atoms with Crippen molar-refractivity contribution in [3.63, 3.8) is 0 Å². The van der Waals surface area contributed by atoms with Crippen molar-refractivity contribution >= 4 is 21.6 Å². The van der Waals surface area contributed by atoms with Crippen LogP contribution in [0.2, 0.25) is 0 Å². The first-order valence-electron chi connectivity index (χ1n) is 3.96. The highest BCUT2D eigenvalue weighted by Gasteiger charge is 2.14. The van der Waals surface area contributed by atoms with Crippen LogP contribution in [0.4, 0.5) is 5.69 Å². The summed E-state index contributed by atoms with van der Waals surface area (Å²) >= 11 is 3.40. The second-order valence-corrected chi connectivity index (χ2v) is 3.87. The molecule has 1 aliphatic rings. The lowest BCUT2D eigenvalue weighted by molar-refractivity contribution is 0.226. The molecule has 1 unspecified atom stereocenters. The zero-order valence-corrected chi connectivity index (χ0v) is 8.39. The normalized spacial score (nSPS) is 20.7. The van der Waals surface area contributed by atoms with Gasteiger partial charge in [0.15, 0.2) is 0 Å². The van der Waals surface area contributed by atoms with Gasteiger partial charge in [-0.2, -0.15) is 0 Å². The van der Waals surface area contributed by atoms with Crippen molar-refractivity contribution in [3.05, 3.63) is 22.7 Å². The molecule has 0 amide bonds. The van der Waals surface area contributed by atoms with Crippen LogP contribution in [0.25, 0.3) is 0 Å². The molecule has 0 saturated heterocycles. The van der Waals surface area contributed by atoms with E-state index in [9.17, 15) is 0 Å². The summed E-state index contributed by atoms with van der Waals surface area (Å²) in [4.78, 5) is 0. The van der Waals surface area contributed by atoms with E-state index in [1.54, 1.807) is 0 Å². The third-order valence-corrected chi connectivity index (χ3v) is 2.35. The van der Waals surface area contributed by atoms with Gasteiger partial charge in [-0.3, -0.25) is 0 Å². The molecule has 12 heavy (non-hydrogen) atoms. The standard InChI is InChI=1S/C9H10BrNO/c1-6-5-11-8-3-2-7(10)4-9(8)12-6/h2-4,6,11H,5H2,1H3. The zero-order chi connectivity index (χ0) is 8.55. The van der Waals surface area contributed by atoms with E-state index in [2.05, 4.69) is 28.2 Å². The number of hydrogen-bond donors (Lipinski definition) is 1. The Morgan fingerprint density at radius 1 is 1.58 bits per heavy atom. The summed E-state index contributed by atoms with van der Waals surface area (Å²) in [6.45, 7) is 2.94. The molecule has 0 saturated carbocycles. The van der Waals surface area contributed by atoms with Crippen LogP contribution in [-0.4, -0.2) is 12.6 Å². The van der Waals surface area contributed by atoms with Crippen LogP contribution in [0.15, 0.2) is 22.7 Å². The molecule has 0 spiro atoms. The molecule has 2 rings (SSSR count). The molecule has 1 aromatic rings. The molecule has 1 atom stereocenters. The van der Waals surface area contributed by atoms with Crippen molar-refractivity contribution in [2.24, 2.45) is 0 Å². The Balaban J connectivity index is 2.37. The largest absolute Gasteiger partial charge is 0.487 e. The lowest BCUT2D eigenvalue weighted by Crippen LogP contribution is -2.27. The third-order valence-electron chi connectivity index (χ3n) is 1.85. The van der Waals surface area contributed by atoms with Crippen LogP contribution in [0, 0.1) is 0 Å². The summed E-state index contributed by atoms with van der Waals surface area (Å²) < 4.78 is 6.67. The second-order valence-electron chi connectivity index (χ2n) is 2.95. The van der Waals surface area contributed by atoms with E-state index < -0.39 is 0 Å². The molecule has 3 heteroatoms. The fraction of sp³-hybridized carbons (Fsp3) is 0.333. The Bertz CT molecular complexity index is 301. The number of benzene rings is 1. The van der Waals surface area contributed by atoms with Crippen LogP contribution in [0.5, 0.6) is 5.75 Å². The van der Waals surface area contributed by atoms with Gasteiger partial charge < -0.3 is 10.1 Å². The van der Waals surface area contributed by atoms with E-state index in [1.165, 1.54) is 0 Å². The highest BCUT2D eigenvalue weighted by Crippen LogP contribution is 2.31. The molecule has 0 bridgehead atoms. The quantitative estimate of drug-likeness (QED) is 0.736. The van der Waals surface area contributed by atoms with E-state index in [0.29, 0.717) is 0 Å². The number of nitrogens with one attached hydrogen (secondary N) is 1. The number of hydrogen-bond acceptors (Lipinski definition) is 2. The van der Waals surface area contributed by atoms with Crippen molar-refractivity contribution in [1.29, 1.82) is 0 Å². The molecule has 2 nitrogen and oxygen atoms in total. The smallest absolute Gasteiger partial charge is 0.144 e. The van der Waals surface area contributed by atoms with Gasteiger partial charge in [-0.25, -0.2) is 0 Å². The van der Waals surface area contributed by atoms with Crippen molar-refractivity contribution < 1.29 is 4.74 Å². The number of ether oxygens (including phenoxy) is 1. The van der Waals surface area contributed by atoms with Crippen molar-refractivity contribution in [3.8, 4) is 5.75 Å². The summed E-state index contributed by atoms with van der Waals surface area (Å²) in [7, 11) is 0. The minimum atomic E-state index is 0.256. The van der Waals surface area contributed by atoms with Gasteiger partial charge >= 0.3 is 0 Å². The van der Waals surface area contributed by atoms with Gasteiger partial charge in [-0.1, -0.05) is 15.9 Å². The van der Waals surface area contributed by atoms with Gasteiger partial charge in [-0.15, -0.1) is 0 Å². The van der Waals surface area contributed by atoms with Gasteiger partial charge in [0.25, 0.3) is 0 Å². The molecule has 0 aliphatic carbocycles. The molecule has 0 radical (unpaired) electrons. The summed E-state index contributed by atoms with van der Waals surface area (Å²) in [6.07, 6.45) is 0.256. The molecular formula is C9H10BrNO. The van der Waals surface area contributed by atoms with Crippen LogP contribution >= 0.6 is 15.9 Å². The van der Waals surface area contributed by atoms with Gasteiger partial charge in [0.2, 0.25) is 0 Å². The lowest BCUT2D eigenvalue weighted by atomic mass is 10.2. The highest BCUT2D eigenvalue weighted by atomic mass is 79.9. The molecule has 0 fully saturated rings. The Labute approximate surface area is 80.1 Å². The topological polar surface area (TPSA) is 21.3 Å². The fourth-order valence-corrected chi connectivity index (χ4v) is 1.59. The highest BCUT2D eigenvalue weighted by molar-refractivity contribution is 9.10. The van der Waals surface area contributed by atoms with Crippen molar-refractivity contribution in [1.82, 2.24) is 0 Å². The maximum Gasteiger partial charge on any atom is 0.144 e. The zero-order valence-electron chi connectivity index (χ0n) is 6.80. The molecule has 1 aromatic carbocycles. The maximum absolute atomic E-state index is 5.62. The predicted molar refractivity (Wildman–Crippen MR) is 52.7 cm³/mol. The number of fused-ring (bicyclic) bond motifs is 1. The SMILES string of the molecule is CC1CNc2ccc(Br)cc2O1. The van der Waals surface area contributed by atoms with Crippen molar-refractivity contribution in [2.75, 3.05) is 11.9 Å². The van der Waals surface area contributed by atoms with Crippen LogP contribution in [-0.2, 0) is 0 Å². The van der Waals surface area contributed by atoms with Gasteiger partial charge in [0.1, 0.15) is 11.9 Å².